The number of rotatable bonds is 8. The van der Waals surface area contributed by atoms with Crippen LogP contribution in [0.1, 0.15) is 48.9 Å². The van der Waals surface area contributed by atoms with Crippen LogP contribution < -0.4 is 10.0 Å². The van der Waals surface area contributed by atoms with Gasteiger partial charge in [-0.05, 0) is 55.2 Å². The van der Waals surface area contributed by atoms with Crippen LogP contribution in [0.4, 0.5) is 0 Å². The summed E-state index contributed by atoms with van der Waals surface area (Å²) in [4.78, 5) is 12.6. The average molecular weight is 446 g/mol. The Kier molecular flexibility index (Phi) is 5.66. The van der Waals surface area contributed by atoms with E-state index in [9.17, 15) is 13.2 Å². The molecule has 0 aromatic heterocycles. The predicted octanol–water partition coefficient (Wildman–Crippen LogP) is 3.21. The first-order valence-corrected chi connectivity index (χ1v) is 12.0. The van der Waals surface area contributed by atoms with Gasteiger partial charge in [0.25, 0.3) is 16.1 Å². The van der Waals surface area contributed by atoms with E-state index in [-0.39, 0.29) is 17.4 Å². The van der Waals surface area contributed by atoms with E-state index in [1.54, 1.807) is 18.2 Å². The van der Waals surface area contributed by atoms with Crippen molar-refractivity contribution in [3.05, 3.63) is 33.8 Å². The molecular weight excluding hydrogens is 421 g/mol. The lowest BCUT2D eigenvalue weighted by molar-refractivity contribution is 0.0652. The average Bonchev–Trinajstić information content (AvgIpc) is 3.32. The number of nitrogens with zero attached hydrogens (tertiary/aromatic N) is 1. The molecule has 1 aliphatic heterocycles. The zero-order valence-electron chi connectivity index (χ0n) is 15.6. The number of hydrogen-bond donors (Lipinski definition) is 2. The first-order valence-electron chi connectivity index (χ1n) is 9.77. The molecule has 2 N–H and O–H groups in total. The molecule has 0 bridgehead atoms. The van der Waals surface area contributed by atoms with Crippen molar-refractivity contribution >= 4 is 39.3 Å². The summed E-state index contributed by atoms with van der Waals surface area (Å²) in [6, 6.07) is 4.77. The third kappa shape index (κ3) is 4.49. The highest BCUT2D eigenvalue weighted by molar-refractivity contribution is 7.87. The Morgan fingerprint density at radius 1 is 1.21 bits per heavy atom. The monoisotopic (exact) mass is 445 g/mol. The van der Waals surface area contributed by atoms with Crippen LogP contribution in [0.15, 0.2) is 18.2 Å². The van der Waals surface area contributed by atoms with E-state index in [1.807, 2.05) is 0 Å². The molecule has 2 saturated carbocycles. The fourth-order valence-corrected chi connectivity index (χ4v) is 6.21. The van der Waals surface area contributed by atoms with Crippen molar-refractivity contribution in [1.82, 2.24) is 14.3 Å². The molecule has 28 heavy (non-hydrogen) atoms. The minimum Gasteiger partial charge on any atom is -0.351 e. The van der Waals surface area contributed by atoms with Gasteiger partial charge in [0.1, 0.15) is 0 Å². The van der Waals surface area contributed by atoms with Crippen LogP contribution in [0, 0.1) is 11.3 Å². The van der Waals surface area contributed by atoms with Crippen molar-refractivity contribution in [2.24, 2.45) is 11.3 Å². The third-order valence-corrected chi connectivity index (χ3v) is 8.27. The highest BCUT2D eigenvalue weighted by Gasteiger charge is 2.48. The van der Waals surface area contributed by atoms with Crippen molar-refractivity contribution in [3.63, 3.8) is 0 Å². The summed E-state index contributed by atoms with van der Waals surface area (Å²) >= 11 is 12.0. The number of hydrogen-bond acceptors (Lipinski definition) is 3. The second-order valence-electron chi connectivity index (χ2n) is 8.44. The fraction of sp³-hybridized carbons (Fsp3) is 0.632. The molecule has 0 atom stereocenters. The van der Waals surface area contributed by atoms with E-state index in [4.69, 9.17) is 23.2 Å². The van der Waals surface area contributed by atoms with E-state index < -0.39 is 10.2 Å². The summed E-state index contributed by atoms with van der Waals surface area (Å²) < 4.78 is 28.9. The zero-order chi connectivity index (χ0) is 19.9. The predicted molar refractivity (Wildman–Crippen MR) is 110 cm³/mol. The lowest BCUT2D eigenvalue weighted by Gasteiger charge is -2.49. The fourth-order valence-electron chi connectivity index (χ4n) is 4.24. The first-order chi connectivity index (χ1) is 13.3. The van der Waals surface area contributed by atoms with Gasteiger partial charge in [0.05, 0.1) is 10.6 Å². The van der Waals surface area contributed by atoms with Crippen LogP contribution in [-0.4, -0.2) is 44.3 Å². The minimum atomic E-state index is -3.36. The summed E-state index contributed by atoms with van der Waals surface area (Å²) in [5.74, 6) is 0.477. The van der Waals surface area contributed by atoms with E-state index >= 15 is 0 Å². The van der Waals surface area contributed by atoms with Gasteiger partial charge in [-0.25, -0.2) is 0 Å². The van der Waals surface area contributed by atoms with Crippen molar-refractivity contribution in [3.8, 4) is 0 Å². The summed E-state index contributed by atoms with van der Waals surface area (Å²) in [5.41, 5.74) is 0.361. The molecule has 0 spiro atoms. The number of carbonyl (C=O) groups excluding carboxylic acids is 1. The van der Waals surface area contributed by atoms with Gasteiger partial charge in [-0.2, -0.15) is 17.4 Å². The molecule has 9 heteroatoms. The summed E-state index contributed by atoms with van der Waals surface area (Å²) in [6.07, 6.45) is 5.92. The standard InChI is InChI=1S/C19H25Cl2N3O3S/c20-14-4-5-16(17(21)8-14)18(25)22-12-19(9-13-2-3-13)10-15(11-19)23-28(26,27)24-6-1-7-24/h4-5,8,13,15,23H,1-3,6-7,9-12H2,(H,22,25)/t15-,19+. The Morgan fingerprint density at radius 3 is 2.50 bits per heavy atom. The normalized spacial score (nSPS) is 27.7. The van der Waals surface area contributed by atoms with Gasteiger partial charge in [0.15, 0.2) is 0 Å². The second-order valence-corrected chi connectivity index (χ2v) is 11.0. The molecule has 3 fully saturated rings. The van der Waals surface area contributed by atoms with Gasteiger partial charge in [0, 0.05) is 30.7 Å². The SMILES string of the molecule is O=C(NC[C@]1(CC2CC2)C[C@H](NS(=O)(=O)N2CCC2)C1)c1ccc(Cl)cc1Cl. The van der Waals surface area contributed by atoms with Crippen molar-refractivity contribution in [2.45, 2.75) is 44.6 Å². The number of amides is 1. The molecule has 154 valence electrons. The van der Waals surface area contributed by atoms with Gasteiger partial charge in [-0.3, -0.25) is 4.79 Å². The summed E-state index contributed by atoms with van der Waals surface area (Å²) in [7, 11) is -3.36. The first kappa shape index (κ1) is 20.4. The summed E-state index contributed by atoms with van der Waals surface area (Å²) in [6.45, 7) is 1.74. The molecule has 1 saturated heterocycles. The van der Waals surface area contributed by atoms with E-state index in [0.29, 0.717) is 41.2 Å². The molecule has 1 amide bonds. The maximum Gasteiger partial charge on any atom is 0.279 e. The van der Waals surface area contributed by atoms with Crippen LogP contribution >= 0.6 is 23.2 Å². The Morgan fingerprint density at radius 2 is 1.93 bits per heavy atom. The molecule has 1 aromatic carbocycles. The molecule has 3 aliphatic rings. The minimum absolute atomic E-state index is 0.0438. The highest BCUT2D eigenvalue weighted by atomic mass is 35.5. The molecular formula is C19H25Cl2N3O3S. The maximum absolute atomic E-state index is 12.6. The van der Waals surface area contributed by atoms with Crippen LogP contribution in [0.2, 0.25) is 10.0 Å². The zero-order valence-corrected chi connectivity index (χ0v) is 17.9. The number of carbonyl (C=O) groups is 1. The third-order valence-electron chi connectivity index (χ3n) is 6.05. The van der Waals surface area contributed by atoms with Gasteiger partial charge >= 0.3 is 0 Å². The van der Waals surface area contributed by atoms with Crippen molar-refractivity contribution in [2.75, 3.05) is 19.6 Å². The molecule has 1 heterocycles. The molecule has 2 aliphatic carbocycles. The maximum atomic E-state index is 12.6. The van der Waals surface area contributed by atoms with Crippen LogP contribution in [0.3, 0.4) is 0 Å². The lowest BCUT2D eigenvalue weighted by atomic mass is 9.63. The highest BCUT2D eigenvalue weighted by Crippen LogP contribution is 2.51. The van der Waals surface area contributed by atoms with Crippen LogP contribution in [-0.2, 0) is 10.2 Å². The molecule has 0 radical (unpaired) electrons. The van der Waals surface area contributed by atoms with E-state index in [2.05, 4.69) is 10.0 Å². The van der Waals surface area contributed by atoms with Crippen LogP contribution in [0.25, 0.3) is 0 Å². The number of nitrogens with one attached hydrogen (secondary N) is 2. The second kappa shape index (κ2) is 7.76. The lowest BCUT2D eigenvalue weighted by Crippen LogP contribution is -2.58. The van der Waals surface area contributed by atoms with Crippen LogP contribution in [0.5, 0.6) is 0 Å². The Bertz CT molecular complexity index is 863. The summed E-state index contributed by atoms with van der Waals surface area (Å²) in [5, 5.41) is 3.83. The smallest absolute Gasteiger partial charge is 0.279 e. The quantitative estimate of drug-likeness (QED) is 0.644. The van der Waals surface area contributed by atoms with E-state index in [0.717, 1.165) is 25.7 Å². The van der Waals surface area contributed by atoms with Gasteiger partial charge in [-0.15, -0.1) is 0 Å². The molecule has 1 aromatic rings. The topological polar surface area (TPSA) is 78.5 Å². The molecule has 4 rings (SSSR count). The number of halogens is 2. The van der Waals surface area contributed by atoms with Gasteiger partial charge in [0.2, 0.25) is 0 Å². The van der Waals surface area contributed by atoms with E-state index in [1.165, 1.54) is 17.1 Å². The number of benzene rings is 1. The van der Waals surface area contributed by atoms with Gasteiger partial charge in [-0.1, -0.05) is 36.0 Å². The Balaban J connectivity index is 1.35. The van der Waals surface area contributed by atoms with Crippen molar-refractivity contribution < 1.29 is 13.2 Å². The van der Waals surface area contributed by atoms with Gasteiger partial charge < -0.3 is 5.32 Å². The molecule has 0 unspecified atom stereocenters. The molecule has 6 nitrogen and oxygen atoms in total. The van der Waals surface area contributed by atoms with Crippen molar-refractivity contribution in [1.29, 1.82) is 0 Å². The largest absolute Gasteiger partial charge is 0.351 e. The Labute approximate surface area is 176 Å². The Hall–Kier alpha value is -0.860.